The van der Waals surface area contributed by atoms with Crippen LogP contribution in [0.3, 0.4) is 0 Å². The normalized spacial score (nSPS) is 14.8. The van der Waals surface area contributed by atoms with Gasteiger partial charge >= 0.3 is 0 Å². The number of benzene rings is 4. The fourth-order valence-electron chi connectivity index (χ4n) is 4.08. The van der Waals surface area contributed by atoms with Crippen molar-refractivity contribution in [1.29, 1.82) is 0 Å². The zero-order valence-corrected chi connectivity index (χ0v) is 25.4. The van der Waals surface area contributed by atoms with Crippen LogP contribution in [0.4, 0.5) is 5.69 Å². The topological polar surface area (TPSA) is 58.6 Å². The molecule has 190 valence electrons. The van der Waals surface area contributed by atoms with E-state index in [1.165, 1.54) is 11.0 Å². The lowest BCUT2D eigenvalue weighted by atomic mass is 10.1. The molecule has 0 bridgehead atoms. The third-order valence-electron chi connectivity index (χ3n) is 5.86. The van der Waals surface area contributed by atoms with Crippen LogP contribution in [0.2, 0.25) is 10.0 Å². The van der Waals surface area contributed by atoms with Crippen LogP contribution in [0.25, 0.3) is 16.8 Å². The highest BCUT2D eigenvalue weighted by atomic mass is 127. The molecule has 0 radical (unpaired) electrons. The summed E-state index contributed by atoms with van der Waals surface area (Å²) in [5.74, 6) is -0.546. The number of hydrogen-bond donors (Lipinski definition) is 1. The van der Waals surface area contributed by atoms with Crippen LogP contribution in [0, 0.1) is 3.57 Å². The molecular weight excluding hydrogens is 722 g/mol. The van der Waals surface area contributed by atoms with Gasteiger partial charge in [0.1, 0.15) is 17.9 Å². The van der Waals surface area contributed by atoms with Gasteiger partial charge < -0.3 is 4.74 Å². The molecule has 2 amide bonds. The Bertz CT molecular complexity index is 1650. The highest BCUT2D eigenvalue weighted by molar-refractivity contribution is 14.1. The minimum Gasteiger partial charge on any atom is -0.487 e. The Morgan fingerprint density at radius 2 is 1.76 bits per heavy atom. The molecule has 1 saturated heterocycles. The Balaban J connectivity index is 1.43. The van der Waals surface area contributed by atoms with E-state index in [1.54, 1.807) is 24.3 Å². The molecule has 5 nitrogen and oxygen atoms in total. The number of fused-ring (bicyclic) bond motifs is 1. The first-order valence-electron chi connectivity index (χ1n) is 11.2. The minimum absolute atomic E-state index is 0.0748. The zero-order chi connectivity index (χ0) is 27.0. The van der Waals surface area contributed by atoms with E-state index in [0.717, 1.165) is 19.9 Å². The standard InChI is InChI=1S/C28H16BrCl2IN2O3S/c29-20-12-15(13-22(32)25(20)37-14-17-7-3-6-16-5-1-2-8-18(16)17)11-19-26(35)33-28(38)34(27(19)36)23-10-4-9-21(30)24(23)31/h1-13H,14H2,(H,33,35,38)/b19-11+. The number of thiocarbonyl (C=S) groups is 1. The molecule has 0 aliphatic carbocycles. The van der Waals surface area contributed by atoms with Crippen molar-refractivity contribution in [2.45, 2.75) is 6.61 Å². The van der Waals surface area contributed by atoms with Gasteiger partial charge in [-0.15, -0.1) is 0 Å². The van der Waals surface area contributed by atoms with E-state index in [-0.39, 0.29) is 26.4 Å². The van der Waals surface area contributed by atoms with Crippen molar-refractivity contribution in [2.24, 2.45) is 0 Å². The number of rotatable bonds is 5. The van der Waals surface area contributed by atoms with E-state index < -0.39 is 11.8 Å². The van der Waals surface area contributed by atoms with Crippen LogP contribution in [0.1, 0.15) is 11.1 Å². The minimum atomic E-state index is -0.606. The van der Waals surface area contributed by atoms with Gasteiger partial charge in [0, 0.05) is 0 Å². The highest BCUT2D eigenvalue weighted by Crippen LogP contribution is 2.36. The predicted octanol–water partition coefficient (Wildman–Crippen LogP) is 7.92. The molecular formula is C28H16BrCl2IN2O3S. The van der Waals surface area contributed by atoms with E-state index in [9.17, 15) is 9.59 Å². The summed E-state index contributed by atoms with van der Waals surface area (Å²) in [5.41, 5.74) is 1.88. The molecule has 0 spiro atoms. The van der Waals surface area contributed by atoms with Crippen molar-refractivity contribution >= 4 is 113 Å². The number of anilines is 1. The lowest BCUT2D eigenvalue weighted by Crippen LogP contribution is -2.54. The molecule has 1 heterocycles. The Kier molecular flexibility index (Phi) is 8.06. The van der Waals surface area contributed by atoms with Crippen molar-refractivity contribution in [3.05, 3.63) is 108 Å². The smallest absolute Gasteiger partial charge is 0.270 e. The highest BCUT2D eigenvalue weighted by Gasteiger charge is 2.35. The SMILES string of the molecule is O=C1NC(=S)N(c2cccc(Cl)c2Cl)C(=O)/C1=C/c1cc(Br)c(OCc2cccc3ccccc23)c(I)c1. The maximum atomic E-state index is 13.4. The van der Waals surface area contributed by atoms with Crippen LogP contribution in [-0.4, -0.2) is 16.9 Å². The molecule has 10 heteroatoms. The number of nitrogens with zero attached hydrogens (tertiary/aromatic N) is 1. The summed E-state index contributed by atoms with van der Waals surface area (Å²) in [7, 11) is 0. The van der Waals surface area contributed by atoms with Gasteiger partial charge in [-0.1, -0.05) is 71.7 Å². The average molecular weight is 738 g/mol. The van der Waals surface area contributed by atoms with Crippen LogP contribution in [0.5, 0.6) is 5.75 Å². The molecule has 0 saturated carbocycles. The predicted molar refractivity (Wildman–Crippen MR) is 168 cm³/mol. The summed E-state index contributed by atoms with van der Waals surface area (Å²) in [6.45, 7) is 0.379. The second kappa shape index (κ2) is 11.3. The average Bonchev–Trinajstić information content (AvgIpc) is 2.88. The van der Waals surface area contributed by atoms with Gasteiger partial charge in [-0.25, -0.2) is 0 Å². The molecule has 4 aromatic carbocycles. The number of amides is 2. The second-order valence-electron chi connectivity index (χ2n) is 8.27. The summed E-state index contributed by atoms with van der Waals surface area (Å²) >= 11 is 23.5. The van der Waals surface area contributed by atoms with Crippen LogP contribution in [0.15, 0.2) is 82.8 Å². The van der Waals surface area contributed by atoms with E-state index >= 15 is 0 Å². The van der Waals surface area contributed by atoms with Crippen molar-refractivity contribution in [2.75, 3.05) is 4.90 Å². The Morgan fingerprint density at radius 3 is 2.55 bits per heavy atom. The molecule has 1 aliphatic heterocycles. The second-order valence-corrected chi connectivity index (χ2v) is 11.5. The van der Waals surface area contributed by atoms with Crippen LogP contribution >= 0.6 is 73.9 Å². The van der Waals surface area contributed by atoms with Gasteiger partial charge in [-0.2, -0.15) is 0 Å². The summed E-state index contributed by atoms with van der Waals surface area (Å²) in [6.07, 6.45) is 1.51. The van der Waals surface area contributed by atoms with E-state index in [0.29, 0.717) is 22.4 Å². The number of carbonyl (C=O) groups is 2. The van der Waals surface area contributed by atoms with E-state index in [1.807, 2.05) is 30.3 Å². The van der Waals surface area contributed by atoms with Crippen molar-refractivity contribution in [1.82, 2.24) is 5.32 Å². The largest absolute Gasteiger partial charge is 0.487 e. The van der Waals surface area contributed by atoms with Gasteiger partial charge in [0.2, 0.25) is 0 Å². The molecule has 4 aromatic rings. The molecule has 38 heavy (non-hydrogen) atoms. The summed E-state index contributed by atoms with van der Waals surface area (Å²) < 4.78 is 7.68. The maximum absolute atomic E-state index is 13.4. The van der Waals surface area contributed by atoms with Crippen molar-refractivity contribution < 1.29 is 14.3 Å². The van der Waals surface area contributed by atoms with Crippen molar-refractivity contribution in [3.8, 4) is 5.75 Å². The third-order valence-corrected chi connectivity index (χ3v) is 8.34. The molecule has 0 unspecified atom stereocenters. The first-order chi connectivity index (χ1) is 18.2. The number of halogens is 4. The van der Waals surface area contributed by atoms with Crippen LogP contribution < -0.4 is 15.0 Å². The van der Waals surface area contributed by atoms with Gasteiger partial charge in [-0.05, 0) is 103 Å². The summed E-state index contributed by atoms with van der Waals surface area (Å²) in [5, 5.41) is 5.18. The molecule has 5 rings (SSSR count). The monoisotopic (exact) mass is 736 g/mol. The fourth-order valence-corrected chi connectivity index (χ4v) is 6.50. The van der Waals surface area contributed by atoms with Gasteiger partial charge in [-0.3, -0.25) is 19.8 Å². The number of ether oxygens (including phenoxy) is 1. The molecule has 1 N–H and O–H groups in total. The number of nitrogens with one attached hydrogen (secondary N) is 1. The van der Waals surface area contributed by atoms with Crippen molar-refractivity contribution in [3.63, 3.8) is 0 Å². The first-order valence-corrected chi connectivity index (χ1v) is 14.2. The lowest BCUT2D eigenvalue weighted by Gasteiger charge is -2.29. The Morgan fingerprint density at radius 1 is 1.03 bits per heavy atom. The third kappa shape index (κ3) is 5.33. The Labute approximate surface area is 256 Å². The maximum Gasteiger partial charge on any atom is 0.270 e. The molecule has 1 aliphatic rings. The quantitative estimate of drug-likeness (QED) is 0.0979. The fraction of sp³-hybridized carbons (Fsp3) is 0.0357. The molecule has 1 fully saturated rings. The summed E-state index contributed by atoms with van der Waals surface area (Å²) in [4.78, 5) is 27.3. The van der Waals surface area contributed by atoms with E-state index in [4.69, 9.17) is 40.2 Å². The zero-order valence-electron chi connectivity index (χ0n) is 19.3. The first kappa shape index (κ1) is 27.1. The number of hydrogen-bond acceptors (Lipinski definition) is 4. The lowest BCUT2D eigenvalue weighted by molar-refractivity contribution is -0.122. The van der Waals surface area contributed by atoms with Gasteiger partial charge in [0.15, 0.2) is 5.11 Å². The van der Waals surface area contributed by atoms with Crippen LogP contribution in [-0.2, 0) is 16.2 Å². The van der Waals surface area contributed by atoms with Gasteiger partial charge in [0.25, 0.3) is 11.8 Å². The number of carbonyl (C=O) groups excluding carboxylic acids is 2. The Hall–Kier alpha value is -2.50. The summed E-state index contributed by atoms with van der Waals surface area (Å²) in [6, 6.07) is 22.7. The van der Waals surface area contributed by atoms with Gasteiger partial charge in [0.05, 0.1) is 23.8 Å². The molecule has 0 atom stereocenters. The van der Waals surface area contributed by atoms with E-state index in [2.05, 4.69) is 62.0 Å². The molecule has 0 aromatic heterocycles.